The van der Waals surface area contributed by atoms with Gasteiger partial charge in [0.05, 0.1) is 11.6 Å². The number of amides is 1. The normalized spacial score (nSPS) is 31.9. The van der Waals surface area contributed by atoms with Gasteiger partial charge in [0.1, 0.15) is 5.66 Å². The maximum atomic E-state index is 12.6. The summed E-state index contributed by atoms with van der Waals surface area (Å²) < 4.78 is 0. The smallest absolute Gasteiger partial charge is 0.255 e. The monoisotopic (exact) mass is 325 g/mol. The fraction of sp³-hybridized carbons (Fsp3) is 0.389. The maximum absolute atomic E-state index is 12.6. The average molecular weight is 325 g/mol. The van der Waals surface area contributed by atoms with Gasteiger partial charge in [-0.3, -0.25) is 9.69 Å². The minimum Gasteiger partial charge on any atom is -0.361 e. The highest BCUT2D eigenvalue weighted by molar-refractivity contribution is 7.07. The molecule has 1 amide bonds. The van der Waals surface area contributed by atoms with Crippen LogP contribution in [0.3, 0.4) is 0 Å². The lowest BCUT2D eigenvalue weighted by Crippen LogP contribution is -2.64. The Morgan fingerprint density at radius 3 is 3.00 bits per heavy atom. The lowest BCUT2D eigenvalue weighted by atomic mass is 9.86. The molecule has 4 heterocycles. The quantitative estimate of drug-likeness (QED) is 0.892. The number of carbonyl (C=O) groups is 1. The molecule has 0 saturated carbocycles. The molecule has 1 spiro atoms. The number of carbonyl (C=O) groups excluding carboxylic acids is 1. The molecule has 2 fully saturated rings. The third-order valence-electron chi connectivity index (χ3n) is 5.58. The molecule has 0 radical (unpaired) electrons. The van der Waals surface area contributed by atoms with Crippen LogP contribution < -0.4 is 10.6 Å². The summed E-state index contributed by atoms with van der Waals surface area (Å²) in [6.45, 7) is 0.986. The van der Waals surface area contributed by atoms with Crippen LogP contribution in [0.25, 0.3) is 0 Å². The van der Waals surface area contributed by atoms with Crippen molar-refractivity contribution in [2.45, 2.75) is 43.6 Å². The van der Waals surface area contributed by atoms with Gasteiger partial charge in [-0.05, 0) is 47.4 Å². The summed E-state index contributed by atoms with van der Waals surface area (Å²) in [6.07, 6.45) is 3.36. The molecule has 2 bridgehead atoms. The van der Waals surface area contributed by atoms with E-state index in [0.29, 0.717) is 12.1 Å². The van der Waals surface area contributed by atoms with Crippen LogP contribution in [-0.4, -0.2) is 28.6 Å². The number of nitrogens with one attached hydrogen (secondary N) is 2. The van der Waals surface area contributed by atoms with Crippen molar-refractivity contribution < 1.29 is 4.79 Å². The van der Waals surface area contributed by atoms with Gasteiger partial charge >= 0.3 is 0 Å². The SMILES string of the molecule is O=C1N[C@@]2(C[C@H]3CC[C@@H]2N3Cc2ccsc2)Nc2ccccc21. The first-order valence-electron chi connectivity index (χ1n) is 8.22. The number of nitrogens with zero attached hydrogens (tertiary/aromatic N) is 1. The molecular weight excluding hydrogens is 306 g/mol. The van der Waals surface area contributed by atoms with E-state index in [1.165, 1.54) is 12.0 Å². The molecule has 0 unspecified atom stereocenters. The maximum Gasteiger partial charge on any atom is 0.255 e. The highest BCUT2D eigenvalue weighted by Gasteiger charge is 2.58. The second-order valence-electron chi connectivity index (χ2n) is 6.85. The summed E-state index contributed by atoms with van der Waals surface area (Å²) in [7, 11) is 0. The first-order chi connectivity index (χ1) is 11.3. The predicted molar refractivity (Wildman–Crippen MR) is 91.6 cm³/mol. The number of benzene rings is 1. The lowest BCUT2D eigenvalue weighted by Gasteiger charge is -2.43. The van der Waals surface area contributed by atoms with Crippen LogP contribution >= 0.6 is 11.3 Å². The first-order valence-corrected chi connectivity index (χ1v) is 9.16. The summed E-state index contributed by atoms with van der Waals surface area (Å²) in [5, 5.41) is 11.3. The van der Waals surface area contributed by atoms with E-state index >= 15 is 0 Å². The molecule has 3 atom stereocenters. The third-order valence-corrected chi connectivity index (χ3v) is 6.31. The van der Waals surface area contributed by atoms with Gasteiger partial charge < -0.3 is 10.6 Å². The molecule has 5 rings (SSSR count). The van der Waals surface area contributed by atoms with Crippen molar-refractivity contribution in [3.8, 4) is 0 Å². The van der Waals surface area contributed by atoms with E-state index in [2.05, 4.69) is 32.4 Å². The molecule has 2 aromatic rings. The molecule has 118 valence electrons. The van der Waals surface area contributed by atoms with Crippen molar-refractivity contribution in [3.63, 3.8) is 0 Å². The number of hydrogen-bond acceptors (Lipinski definition) is 4. The summed E-state index contributed by atoms with van der Waals surface area (Å²) in [5.41, 5.74) is 2.81. The molecule has 5 heteroatoms. The van der Waals surface area contributed by atoms with Crippen molar-refractivity contribution >= 4 is 22.9 Å². The number of hydrogen-bond donors (Lipinski definition) is 2. The van der Waals surface area contributed by atoms with Gasteiger partial charge in [-0.15, -0.1) is 0 Å². The topological polar surface area (TPSA) is 44.4 Å². The van der Waals surface area contributed by atoms with Crippen molar-refractivity contribution in [1.29, 1.82) is 0 Å². The Kier molecular flexibility index (Phi) is 2.85. The van der Waals surface area contributed by atoms with Crippen molar-refractivity contribution in [2.24, 2.45) is 0 Å². The molecule has 2 saturated heterocycles. The molecule has 4 nitrogen and oxygen atoms in total. The fourth-order valence-electron chi connectivity index (χ4n) is 4.63. The molecule has 1 aromatic carbocycles. The zero-order valence-corrected chi connectivity index (χ0v) is 13.6. The largest absolute Gasteiger partial charge is 0.361 e. The van der Waals surface area contributed by atoms with Crippen molar-refractivity contribution in [2.75, 3.05) is 5.32 Å². The number of anilines is 1. The molecule has 1 aromatic heterocycles. The summed E-state index contributed by atoms with van der Waals surface area (Å²) >= 11 is 1.75. The Bertz CT molecular complexity index is 759. The van der Waals surface area contributed by atoms with Crippen LogP contribution in [0, 0.1) is 0 Å². The van der Waals surface area contributed by atoms with Gasteiger partial charge in [0.25, 0.3) is 5.91 Å². The second kappa shape index (κ2) is 4.82. The Morgan fingerprint density at radius 2 is 2.13 bits per heavy atom. The van der Waals surface area contributed by atoms with E-state index in [-0.39, 0.29) is 11.6 Å². The van der Waals surface area contributed by atoms with Crippen LogP contribution in [-0.2, 0) is 6.54 Å². The van der Waals surface area contributed by atoms with Crippen LogP contribution in [0.2, 0.25) is 0 Å². The minimum absolute atomic E-state index is 0.0578. The second-order valence-corrected chi connectivity index (χ2v) is 7.63. The van der Waals surface area contributed by atoms with Gasteiger partial charge in [0.2, 0.25) is 0 Å². The summed E-state index contributed by atoms with van der Waals surface area (Å²) in [4.78, 5) is 15.2. The molecule has 0 aliphatic carbocycles. The Balaban J connectivity index is 1.47. The Morgan fingerprint density at radius 1 is 1.22 bits per heavy atom. The highest BCUT2D eigenvalue weighted by atomic mass is 32.1. The Hall–Kier alpha value is -1.85. The van der Waals surface area contributed by atoms with Gasteiger partial charge in [-0.25, -0.2) is 0 Å². The van der Waals surface area contributed by atoms with Crippen LogP contribution in [0.4, 0.5) is 5.69 Å². The van der Waals surface area contributed by atoms with Crippen molar-refractivity contribution in [3.05, 3.63) is 52.2 Å². The zero-order valence-electron chi connectivity index (χ0n) is 12.8. The summed E-state index contributed by atoms with van der Waals surface area (Å²) in [5.74, 6) is 0.0578. The van der Waals surface area contributed by atoms with E-state index in [4.69, 9.17) is 0 Å². The van der Waals surface area contributed by atoms with E-state index in [9.17, 15) is 4.79 Å². The first kappa shape index (κ1) is 13.6. The molecule has 2 N–H and O–H groups in total. The third kappa shape index (κ3) is 1.96. The van der Waals surface area contributed by atoms with E-state index < -0.39 is 0 Å². The summed E-state index contributed by atoms with van der Waals surface area (Å²) in [6, 6.07) is 10.9. The van der Waals surface area contributed by atoms with E-state index in [1.807, 2.05) is 24.3 Å². The fourth-order valence-corrected chi connectivity index (χ4v) is 5.29. The zero-order chi connectivity index (χ0) is 15.4. The average Bonchev–Trinajstić information content (AvgIpc) is 3.24. The number of rotatable bonds is 2. The van der Waals surface area contributed by atoms with Crippen molar-refractivity contribution in [1.82, 2.24) is 10.2 Å². The number of para-hydroxylation sites is 1. The molecular formula is C18H19N3OS. The molecule has 3 aliphatic heterocycles. The standard InChI is InChI=1S/C18H19N3OS/c22-17-14-3-1-2-4-15(14)19-18(20-17)9-13-5-6-16(18)21(13)10-12-7-8-23-11-12/h1-4,7-8,11,13,16,19H,5-6,9-10H2,(H,20,22)/t13-,16+,18-/m1/s1. The minimum atomic E-state index is -0.301. The number of fused-ring (bicyclic) bond motifs is 4. The van der Waals surface area contributed by atoms with Gasteiger partial charge in [-0.1, -0.05) is 12.1 Å². The van der Waals surface area contributed by atoms with Crippen LogP contribution in [0.1, 0.15) is 35.2 Å². The van der Waals surface area contributed by atoms with Crippen LogP contribution in [0.5, 0.6) is 0 Å². The lowest BCUT2D eigenvalue weighted by molar-refractivity contribution is 0.0870. The van der Waals surface area contributed by atoms with Gasteiger partial charge in [0.15, 0.2) is 0 Å². The number of thiophene rings is 1. The molecule has 23 heavy (non-hydrogen) atoms. The van der Waals surface area contributed by atoms with Gasteiger partial charge in [0, 0.05) is 24.7 Å². The van der Waals surface area contributed by atoms with Crippen LogP contribution in [0.15, 0.2) is 41.1 Å². The van der Waals surface area contributed by atoms with E-state index in [1.54, 1.807) is 11.3 Å². The predicted octanol–water partition coefficient (Wildman–Crippen LogP) is 3.04. The molecule has 3 aliphatic rings. The van der Waals surface area contributed by atoms with Gasteiger partial charge in [-0.2, -0.15) is 11.3 Å². The Labute approximate surface area is 139 Å². The highest BCUT2D eigenvalue weighted by Crippen LogP contribution is 2.47. The van der Waals surface area contributed by atoms with E-state index in [0.717, 1.165) is 30.6 Å².